The molecule has 0 aromatic heterocycles. The highest BCUT2D eigenvalue weighted by Gasteiger charge is 2.53. The lowest BCUT2D eigenvalue weighted by Gasteiger charge is -2.37. The Bertz CT molecular complexity index is 503. The van der Waals surface area contributed by atoms with Gasteiger partial charge < -0.3 is 9.64 Å². The van der Waals surface area contributed by atoms with Crippen LogP contribution in [0.4, 0.5) is 5.69 Å². The second kappa shape index (κ2) is 3.58. The molecular weight excluding hydrogens is 226 g/mol. The Morgan fingerprint density at radius 3 is 2.61 bits per heavy atom. The van der Waals surface area contributed by atoms with Crippen LogP contribution < -0.4 is 4.90 Å². The van der Waals surface area contributed by atoms with Crippen LogP contribution in [-0.4, -0.2) is 18.1 Å². The number of benzene rings is 1. The van der Waals surface area contributed by atoms with Crippen molar-refractivity contribution in [2.45, 2.75) is 45.9 Å². The van der Waals surface area contributed by atoms with Crippen molar-refractivity contribution >= 4 is 11.6 Å². The van der Waals surface area contributed by atoms with Crippen LogP contribution >= 0.6 is 0 Å². The van der Waals surface area contributed by atoms with E-state index in [0.29, 0.717) is 0 Å². The quantitative estimate of drug-likeness (QED) is 0.658. The minimum Gasteiger partial charge on any atom is -0.362 e. The Morgan fingerprint density at radius 2 is 1.94 bits per heavy atom. The summed E-state index contributed by atoms with van der Waals surface area (Å²) in [4.78, 5) is 14.5. The summed E-state index contributed by atoms with van der Waals surface area (Å²) in [5, 5.41) is 0. The van der Waals surface area contributed by atoms with Crippen LogP contribution in [0.1, 0.15) is 39.4 Å². The average molecular weight is 245 g/mol. The van der Waals surface area contributed by atoms with E-state index in [9.17, 15) is 4.79 Å². The van der Waals surface area contributed by atoms with Crippen LogP contribution in [0.2, 0.25) is 0 Å². The number of amides is 1. The fraction of sp³-hybridized carbons (Fsp3) is 0.533. The number of hydrogen-bond donors (Lipinski definition) is 0. The Morgan fingerprint density at radius 1 is 1.28 bits per heavy atom. The van der Waals surface area contributed by atoms with Crippen molar-refractivity contribution in [1.29, 1.82) is 0 Å². The third kappa shape index (κ3) is 1.57. The number of nitrogens with zero attached hydrogens (tertiary/aromatic N) is 1. The van der Waals surface area contributed by atoms with Crippen LogP contribution in [0.3, 0.4) is 0 Å². The highest BCUT2D eigenvalue weighted by atomic mass is 16.6. The normalized spacial score (nSPS) is 29.6. The largest absolute Gasteiger partial charge is 0.362 e. The molecule has 0 N–H and O–H groups in total. The molecule has 18 heavy (non-hydrogen) atoms. The van der Waals surface area contributed by atoms with Crippen LogP contribution in [0.15, 0.2) is 24.3 Å². The number of epoxide rings is 1. The number of hydrogen-bond acceptors (Lipinski definition) is 2. The van der Waals surface area contributed by atoms with Crippen molar-refractivity contribution < 1.29 is 9.53 Å². The zero-order chi connectivity index (χ0) is 13.1. The summed E-state index contributed by atoms with van der Waals surface area (Å²) >= 11 is 0. The van der Waals surface area contributed by atoms with Crippen LogP contribution in [0, 0.1) is 5.41 Å². The number of anilines is 1. The zero-order valence-corrected chi connectivity index (χ0v) is 11.3. The molecule has 1 amide bonds. The van der Waals surface area contributed by atoms with E-state index in [1.54, 1.807) is 0 Å². The van der Waals surface area contributed by atoms with Gasteiger partial charge in [0.05, 0.1) is 6.04 Å². The third-order valence-electron chi connectivity index (χ3n) is 3.77. The number of ether oxygens (including phenoxy) is 1. The minimum absolute atomic E-state index is 0.122. The van der Waals surface area contributed by atoms with Gasteiger partial charge in [-0.15, -0.1) is 0 Å². The molecule has 3 rings (SSSR count). The van der Waals surface area contributed by atoms with Gasteiger partial charge in [-0.2, -0.15) is 0 Å². The molecule has 2 heterocycles. The molecule has 1 aromatic carbocycles. The van der Waals surface area contributed by atoms with E-state index < -0.39 is 0 Å². The summed E-state index contributed by atoms with van der Waals surface area (Å²) in [6.07, 6.45) is 0.367. The zero-order valence-electron chi connectivity index (χ0n) is 11.3. The van der Waals surface area contributed by atoms with Crippen molar-refractivity contribution in [2.24, 2.45) is 5.41 Å². The summed E-state index contributed by atoms with van der Waals surface area (Å²) in [6, 6.07) is 8.20. The monoisotopic (exact) mass is 245 g/mol. The second-order valence-corrected chi connectivity index (χ2v) is 6.25. The molecule has 1 aromatic rings. The first kappa shape index (κ1) is 11.7. The van der Waals surface area contributed by atoms with E-state index in [1.165, 1.54) is 0 Å². The van der Waals surface area contributed by atoms with E-state index in [4.69, 9.17) is 4.74 Å². The molecule has 2 aliphatic heterocycles. The van der Waals surface area contributed by atoms with Gasteiger partial charge in [-0.3, -0.25) is 4.79 Å². The van der Waals surface area contributed by atoms with Gasteiger partial charge in [-0.05, 0) is 13.0 Å². The number of carbonyl (C=O) groups is 1. The minimum atomic E-state index is -0.372. The molecule has 96 valence electrons. The Kier molecular flexibility index (Phi) is 2.33. The van der Waals surface area contributed by atoms with Gasteiger partial charge in [0.2, 0.25) is 5.91 Å². The first-order valence-corrected chi connectivity index (χ1v) is 6.49. The van der Waals surface area contributed by atoms with Gasteiger partial charge in [-0.1, -0.05) is 39.0 Å². The first-order valence-electron chi connectivity index (χ1n) is 6.49. The fourth-order valence-corrected chi connectivity index (χ4v) is 2.71. The van der Waals surface area contributed by atoms with Crippen molar-refractivity contribution in [1.82, 2.24) is 0 Å². The lowest BCUT2D eigenvalue weighted by Crippen LogP contribution is -2.49. The molecule has 0 unspecified atom stereocenters. The Balaban J connectivity index is 2.07. The predicted octanol–water partition coefficient (Wildman–Crippen LogP) is 2.91. The predicted molar refractivity (Wildman–Crippen MR) is 70.5 cm³/mol. The van der Waals surface area contributed by atoms with Crippen LogP contribution in [0.25, 0.3) is 0 Å². The van der Waals surface area contributed by atoms with Gasteiger partial charge in [0.1, 0.15) is 12.2 Å². The van der Waals surface area contributed by atoms with Crippen molar-refractivity contribution in [3.05, 3.63) is 29.8 Å². The van der Waals surface area contributed by atoms with Gasteiger partial charge in [0, 0.05) is 16.7 Å². The second-order valence-electron chi connectivity index (χ2n) is 6.25. The lowest BCUT2D eigenvalue weighted by atomic mass is 9.90. The van der Waals surface area contributed by atoms with Crippen LogP contribution in [-0.2, 0) is 9.53 Å². The molecule has 3 heteroatoms. The van der Waals surface area contributed by atoms with Gasteiger partial charge in [0.15, 0.2) is 0 Å². The molecule has 2 aliphatic rings. The van der Waals surface area contributed by atoms with E-state index >= 15 is 0 Å². The van der Waals surface area contributed by atoms with Gasteiger partial charge in [0.25, 0.3) is 0 Å². The third-order valence-corrected chi connectivity index (χ3v) is 3.77. The molecule has 1 fully saturated rings. The van der Waals surface area contributed by atoms with Crippen molar-refractivity contribution in [3.8, 4) is 0 Å². The molecular formula is C15H19NO2. The highest BCUT2D eigenvalue weighted by Crippen LogP contribution is 2.51. The number of fused-ring (bicyclic) bond motifs is 3. The molecule has 3 nitrogen and oxygen atoms in total. The number of para-hydroxylation sites is 1. The highest BCUT2D eigenvalue weighted by molar-refractivity contribution is 5.99. The van der Waals surface area contributed by atoms with E-state index in [0.717, 1.165) is 11.3 Å². The average Bonchev–Trinajstić information content (AvgIpc) is 3.08. The SMILES string of the molecule is C[C@H]1[C@@H]2O[C@@H]2c2ccccc2N1C(=O)C(C)(C)C. The van der Waals surface area contributed by atoms with Gasteiger partial charge in [-0.25, -0.2) is 0 Å². The molecule has 0 saturated carbocycles. The maximum atomic E-state index is 12.6. The number of carbonyl (C=O) groups excluding carboxylic acids is 1. The fourth-order valence-electron chi connectivity index (χ4n) is 2.71. The smallest absolute Gasteiger partial charge is 0.232 e. The van der Waals surface area contributed by atoms with E-state index in [-0.39, 0.29) is 29.6 Å². The molecule has 0 radical (unpaired) electrons. The number of rotatable bonds is 0. The van der Waals surface area contributed by atoms with Gasteiger partial charge >= 0.3 is 0 Å². The molecule has 3 atom stereocenters. The maximum absolute atomic E-state index is 12.6. The standard InChI is InChI=1S/C15H19NO2/c1-9-12-13(18-12)10-7-5-6-8-11(10)16(9)14(17)15(2,3)4/h5-9,12-13H,1-4H3/t9-,12-,13+/m0/s1. The summed E-state index contributed by atoms with van der Waals surface area (Å²) in [5.41, 5.74) is 1.80. The summed E-state index contributed by atoms with van der Waals surface area (Å²) in [5.74, 6) is 0.163. The van der Waals surface area contributed by atoms with E-state index in [2.05, 4.69) is 13.0 Å². The molecule has 1 saturated heterocycles. The first-order chi connectivity index (χ1) is 8.41. The Labute approximate surface area is 108 Å². The summed E-state index contributed by atoms with van der Waals surface area (Å²) in [7, 11) is 0. The summed E-state index contributed by atoms with van der Waals surface area (Å²) < 4.78 is 5.72. The molecule has 0 aliphatic carbocycles. The van der Waals surface area contributed by atoms with Crippen molar-refractivity contribution in [2.75, 3.05) is 4.90 Å². The van der Waals surface area contributed by atoms with Crippen molar-refractivity contribution in [3.63, 3.8) is 0 Å². The summed E-state index contributed by atoms with van der Waals surface area (Å²) in [6.45, 7) is 7.96. The molecule has 0 spiro atoms. The lowest BCUT2D eigenvalue weighted by molar-refractivity contribution is -0.126. The molecule has 0 bridgehead atoms. The topological polar surface area (TPSA) is 32.8 Å². The van der Waals surface area contributed by atoms with Crippen LogP contribution in [0.5, 0.6) is 0 Å². The Hall–Kier alpha value is -1.35. The maximum Gasteiger partial charge on any atom is 0.232 e. The van der Waals surface area contributed by atoms with E-state index in [1.807, 2.05) is 43.9 Å².